The predicted molar refractivity (Wildman–Crippen MR) is 92.3 cm³/mol. The van der Waals surface area contributed by atoms with Crippen LogP contribution < -0.4 is 5.32 Å². The Bertz CT molecular complexity index is 750. The van der Waals surface area contributed by atoms with Crippen LogP contribution in [0.4, 0.5) is 0 Å². The molecule has 8 nitrogen and oxygen atoms in total. The second-order valence-corrected chi connectivity index (χ2v) is 6.58. The van der Waals surface area contributed by atoms with E-state index in [0.717, 1.165) is 11.8 Å². The van der Waals surface area contributed by atoms with Crippen molar-refractivity contribution >= 4 is 56.9 Å². The fourth-order valence-corrected chi connectivity index (χ4v) is 3.31. The number of hydrogen-bond donors (Lipinski definition) is 2. The maximum atomic E-state index is 11.8. The number of carbonyl (C=O) groups is 3. The van der Waals surface area contributed by atoms with Crippen LogP contribution in [0.3, 0.4) is 0 Å². The lowest BCUT2D eigenvalue weighted by Crippen LogP contribution is -2.26. The Morgan fingerprint density at radius 2 is 2.25 bits per heavy atom. The average Bonchev–Trinajstić information content (AvgIpc) is 2.86. The number of benzene rings is 1. The van der Waals surface area contributed by atoms with E-state index in [0.29, 0.717) is 15.6 Å². The third kappa shape index (κ3) is 4.42. The summed E-state index contributed by atoms with van der Waals surface area (Å²) in [7, 11) is 1.27. The third-order valence-electron chi connectivity index (χ3n) is 2.92. The minimum Gasteiger partial charge on any atom is -0.481 e. The van der Waals surface area contributed by atoms with Crippen LogP contribution in [0.1, 0.15) is 22.3 Å². The van der Waals surface area contributed by atoms with Gasteiger partial charge in [0.15, 0.2) is 5.17 Å². The fourth-order valence-electron chi connectivity index (χ4n) is 1.85. The monoisotopic (exact) mass is 413 g/mol. The van der Waals surface area contributed by atoms with E-state index < -0.39 is 23.1 Å². The average molecular weight is 414 g/mol. The van der Waals surface area contributed by atoms with Gasteiger partial charge >= 0.3 is 11.9 Å². The fraction of sp³-hybridized carbons (Fsp3) is 0.214. The molecule has 10 heteroatoms. The van der Waals surface area contributed by atoms with Crippen molar-refractivity contribution in [2.24, 2.45) is 10.2 Å². The highest BCUT2D eigenvalue weighted by atomic mass is 79.9. The van der Waals surface area contributed by atoms with E-state index in [4.69, 9.17) is 9.84 Å². The second-order valence-electron chi connectivity index (χ2n) is 4.54. The molecule has 126 valence electrons. The van der Waals surface area contributed by atoms with Crippen LogP contribution in [0, 0.1) is 0 Å². The summed E-state index contributed by atoms with van der Waals surface area (Å²) in [5.74, 6) is -2.01. The number of nitrogens with one attached hydrogen (secondary N) is 1. The minimum absolute atomic E-state index is 0.206. The van der Waals surface area contributed by atoms with Gasteiger partial charge in [-0.3, -0.25) is 9.59 Å². The number of rotatable bonds is 5. The minimum atomic E-state index is -1.07. The van der Waals surface area contributed by atoms with Crippen molar-refractivity contribution in [2.45, 2.75) is 11.7 Å². The van der Waals surface area contributed by atoms with Gasteiger partial charge in [0, 0.05) is 10.0 Å². The van der Waals surface area contributed by atoms with Crippen molar-refractivity contribution in [3.05, 3.63) is 33.8 Å². The van der Waals surface area contributed by atoms with Crippen LogP contribution in [0.5, 0.6) is 0 Å². The lowest BCUT2D eigenvalue weighted by atomic mass is 10.1. The van der Waals surface area contributed by atoms with Crippen LogP contribution in [-0.4, -0.2) is 46.7 Å². The third-order valence-corrected chi connectivity index (χ3v) is 4.65. The zero-order valence-corrected chi connectivity index (χ0v) is 14.8. The first-order chi connectivity index (χ1) is 11.4. The summed E-state index contributed by atoms with van der Waals surface area (Å²) in [6.07, 6.45) is 1.05. The van der Waals surface area contributed by atoms with Gasteiger partial charge in [-0.1, -0.05) is 23.9 Å². The van der Waals surface area contributed by atoms with Gasteiger partial charge in [0.2, 0.25) is 5.91 Å². The molecule has 1 unspecified atom stereocenters. The molecule has 1 fully saturated rings. The highest BCUT2D eigenvalue weighted by Gasteiger charge is 2.32. The summed E-state index contributed by atoms with van der Waals surface area (Å²) in [6, 6.07) is 5.08. The van der Waals surface area contributed by atoms with Crippen LogP contribution in [0.15, 0.2) is 32.9 Å². The summed E-state index contributed by atoms with van der Waals surface area (Å²) < 4.78 is 5.27. The number of amidine groups is 1. The lowest BCUT2D eigenvalue weighted by Gasteiger charge is -2.05. The van der Waals surface area contributed by atoms with Crippen LogP contribution in [-0.2, 0) is 14.3 Å². The van der Waals surface area contributed by atoms with Gasteiger partial charge in [-0.15, -0.1) is 5.10 Å². The van der Waals surface area contributed by atoms with Gasteiger partial charge in [-0.25, -0.2) is 4.79 Å². The number of halogens is 1. The van der Waals surface area contributed by atoms with Crippen molar-refractivity contribution in [3.63, 3.8) is 0 Å². The molecule has 2 N–H and O–H groups in total. The summed E-state index contributed by atoms with van der Waals surface area (Å²) in [5, 5.41) is 18.3. The first kappa shape index (κ1) is 18.1. The quantitative estimate of drug-likeness (QED) is 0.430. The van der Waals surface area contributed by atoms with Crippen molar-refractivity contribution in [2.75, 3.05) is 7.11 Å². The molecule has 1 aromatic carbocycles. The molecule has 0 spiro atoms. The molecule has 0 radical (unpaired) electrons. The van der Waals surface area contributed by atoms with Gasteiger partial charge in [-0.05, 0) is 22.0 Å². The topological polar surface area (TPSA) is 117 Å². The number of amides is 1. The van der Waals surface area contributed by atoms with Crippen LogP contribution >= 0.6 is 27.7 Å². The number of aliphatic carboxylic acids is 1. The molecule has 1 amide bonds. The second kappa shape index (κ2) is 8.06. The van der Waals surface area contributed by atoms with E-state index in [9.17, 15) is 14.4 Å². The Morgan fingerprint density at radius 1 is 1.50 bits per heavy atom. The highest BCUT2D eigenvalue weighted by molar-refractivity contribution is 9.10. The first-order valence-electron chi connectivity index (χ1n) is 6.59. The van der Waals surface area contributed by atoms with E-state index in [-0.39, 0.29) is 11.6 Å². The van der Waals surface area contributed by atoms with Crippen LogP contribution in [0.2, 0.25) is 0 Å². The summed E-state index contributed by atoms with van der Waals surface area (Å²) >= 11 is 4.26. The number of esters is 1. The van der Waals surface area contributed by atoms with E-state index in [1.165, 1.54) is 13.3 Å². The van der Waals surface area contributed by atoms with E-state index >= 15 is 0 Å². The number of nitrogens with zero attached hydrogens (tertiary/aromatic N) is 2. The maximum absolute atomic E-state index is 11.8. The van der Waals surface area contributed by atoms with Gasteiger partial charge in [0.05, 0.1) is 25.3 Å². The number of thioether (sulfide) groups is 1. The molecule has 1 heterocycles. The highest BCUT2D eigenvalue weighted by Crippen LogP contribution is 2.23. The zero-order chi connectivity index (χ0) is 17.7. The molecule has 0 bridgehead atoms. The van der Waals surface area contributed by atoms with E-state index in [1.54, 1.807) is 18.2 Å². The van der Waals surface area contributed by atoms with Gasteiger partial charge in [0.25, 0.3) is 0 Å². The largest absolute Gasteiger partial charge is 0.481 e. The van der Waals surface area contributed by atoms with Crippen molar-refractivity contribution in [1.82, 2.24) is 5.32 Å². The molecule has 2 rings (SSSR count). The van der Waals surface area contributed by atoms with Crippen molar-refractivity contribution < 1.29 is 24.2 Å². The smallest absolute Gasteiger partial charge is 0.339 e. The normalized spacial score (nSPS) is 18.8. The van der Waals surface area contributed by atoms with Crippen LogP contribution in [0.25, 0.3) is 0 Å². The Balaban J connectivity index is 2.15. The first-order valence-corrected chi connectivity index (χ1v) is 8.26. The molecular formula is C14H12BrN3O5S. The molecular weight excluding hydrogens is 402 g/mol. The molecule has 1 atom stereocenters. The van der Waals surface area contributed by atoms with Crippen molar-refractivity contribution in [1.29, 1.82) is 0 Å². The van der Waals surface area contributed by atoms with E-state index in [2.05, 4.69) is 31.4 Å². The number of carbonyl (C=O) groups excluding carboxylic acids is 2. The summed E-state index contributed by atoms with van der Waals surface area (Å²) in [5.41, 5.74) is 0.785. The maximum Gasteiger partial charge on any atom is 0.339 e. The van der Waals surface area contributed by atoms with Gasteiger partial charge in [0.1, 0.15) is 5.25 Å². The van der Waals surface area contributed by atoms with E-state index in [1.807, 2.05) is 0 Å². The Labute approximate surface area is 149 Å². The number of carboxylic acid groups (broad SMARTS) is 1. The molecule has 0 saturated carbocycles. The molecule has 1 aromatic rings. The Hall–Kier alpha value is -2.20. The summed E-state index contributed by atoms with van der Waals surface area (Å²) in [6.45, 7) is 0. The molecule has 0 aromatic heterocycles. The number of hydrogen-bond acceptors (Lipinski definition) is 7. The molecule has 24 heavy (non-hydrogen) atoms. The van der Waals surface area contributed by atoms with Gasteiger partial charge in [-0.2, -0.15) is 5.10 Å². The zero-order valence-electron chi connectivity index (χ0n) is 12.4. The lowest BCUT2D eigenvalue weighted by molar-refractivity contribution is -0.138. The Morgan fingerprint density at radius 3 is 2.92 bits per heavy atom. The predicted octanol–water partition coefficient (Wildman–Crippen LogP) is 1.63. The molecule has 1 aliphatic heterocycles. The SMILES string of the molecule is COC(=O)c1c(Br)cccc1C=NN=C1NC(=O)C(CC(=O)O)S1. The molecule has 1 saturated heterocycles. The Kier molecular flexibility index (Phi) is 6.10. The van der Waals surface area contributed by atoms with Crippen molar-refractivity contribution in [3.8, 4) is 0 Å². The molecule has 1 aliphatic rings. The molecule has 0 aliphatic carbocycles. The number of carboxylic acids is 1. The number of methoxy groups -OCH3 is 1. The van der Waals surface area contributed by atoms with Gasteiger partial charge < -0.3 is 15.2 Å². The standard InChI is InChI=1S/C14H12BrN3O5S/c1-23-13(22)11-7(3-2-4-8(11)15)6-16-18-14-17-12(21)9(24-14)5-10(19)20/h2-4,6,9H,5H2,1H3,(H,19,20)(H,17,18,21). The number of ether oxygens (including phenoxy) is 1. The summed E-state index contributed by atoms with van der Waals surface area (Å²) in [4.78, 5) is 34.0.